The van der Waals surface area contributed by atoms with Crippen LogP contribution in [-0.4, -0.2) is 48.2 Å². The molecule has 0 aromatic heterocycles. The Bertz CT molecular complexity index is 280. The van der Waals surface area contributed by atoms with Gasteiger partial charge in [0.05, 0.1) is 6.61 Å². The maximum Gasteiger partial charge on any atom is 0.303 e. The molecule has 1 amide bonds. The Hall–Kier alpha value is -1.10. The number of nitrogens with zero attached hydrogens (tertiary/aromatic N) is 1. The summed E-state index contributed by atoms with van der Waals surface area (Å²) >= 11 is 0. The van der Waals surface area contributed by atoms with Crippen LogP contribution < -0.4 is 0 Å². The molecule has 0 radical (unpaired) electrons. The Morgan fingerprint density at radius 2 is 2.06 bits per heavy atom. The Morgan fingerprint density at radius 3 is 2.72 bits per heavy atom. The number of amides is 1. The van der Waals surface area contributed by atoms with E-state index in [0.29, 0.717) is 25.2 Å². The summed E-state index contributed by atoms with van der Waals surface area (Å²) in [5.41, 5.74) is 0. The second-order valence-corrected chi connectivity index (χ2v) is 4.75. The molecule has 0 aromatic carbocycles. The first-order chi connectivity index (χ1) is 8.63. The molecule has 1 rings (SSSR count). The third kappa shape index (κ3) is 5.49. The molecule has 0 aromatic rings. The smallest absolute Gasteiger partial charge is 0.303 e. The van der Waals surface area contributed by atoms with Crippen molar-refractivity contribution in [3.8, 4) is 0 Å². The van der Waals surface area contributed by atoms with Gasteiger partial charge in [-0.15, -0.1) is 0 Å². The fraction of sp³-hybridized carbons (Fsp3) is 0.846. The zero-order valence-corrected chi connectivity index (χ0v) is 11.1. The van der Waals surface area contributed by atoms with Gasteiger partial charge >= 0.3 is 5.97 Å². The monoisotopic (exact) mass is 257 g/mol. The van der Waals surface area contributed by atoms with E-state index >= 15 is 0 Å². The Kier molecular flexibility index (Phi) is 6.72. The number of unbranched alkanes of at least 4 members (excludes halogenated alkanes) is 1. The van der Waals surface area contributed by atoms with Crippen molar-refractivity contribution in [2.24, 2.45) is 5.92 Å². The number of rotatable bonds is 8. The second-order valence-electron chi connectivity index (χ2n) is 4.75. The standard InChI is InChI=1S/C13H23NO4/c1-2-18-10-11-7-8-14(9-11)12(15)5-3-4-6-13(16)17/h11H,2-10H2,1H3,(H,16,17). The lowest BCUT2D eigenvalue weighted by Gasteiger charge is -2.16. The first-order valence-electron chi connectivity index (χ1n) is 6.70. The minimum absolute atomic E-state index is 0.152. The highest BCUT2D eigenvalue weighted by Gasteiger charge is 2.25. The lowest BCUT2D eigenvalue weighted by molar-refractivity contribution is -0.137. The normalized spacial score (nSPS) is 19.2. The molecular weight excluding hydrogens is 234 g/mol. The van der Waals surface area contributed by atoms with Gasteiger partial charge in [-0.2, -0.15) is 0 Å². The molecule has 1 aliphatic heterocycles. The highest BCUT2D eigenvalue weighted by molar-refractivity contribution is 5.76. The van der Waals surface area contributed by atoms with E-state index in [1.807, 2.05) is 11.8 Å². The number of hydrogen-bond donors (Lipinski definition) is 1. The van der Waals surface area contributed by atoms with Crippen molar-refractivity contribution in [3.05, 3.63) is 0 Å². The van der Waals surface area contributed by atoms with E-state index in [2.05, 4.69) is 0 Å². The summed E-state index contributed by atoms with van der Waals surface area (Å²) in [7, 11) is 0. The molecule has 104 valence electrons. The average Bonchev–Trinajstić information content (AvgIpc) is 2.80. The fourth-order valence-electron chi connectivity index (χ4n) is 2.19. The number of carbonyl (C=O) groups is 2. The maximum absolute atomic E-state index is 11.8. The summed E-state index contributed by atoms with van der Waals surface area (Å²) in [4.78, 5) is 24.1. The summed E-state index contributed by atoms with van der Waals surface area (Å²) in [6.45, 7) is 5.03. The van der Waals surface area contributed by atoms with Gasteiger partial charge in [0.25, 0.3) is 0 Å². The van der Waals surface area contributed by atoms with Crippen molar-refractivity contribution in [2.75, 3.05) is 26.3 Å². The molecule has 1 saturated heterocycles. The summed E-state index contributed by atoms with van der Waals surface area (Å²) in [5, 5.41) is 8.50. The van der Waals surface area contributed by atoms with Crippen LogP contribution in [0.1, 0.15) is 39.0 Å². The molecule has 0 aliphatic carbocycles. The predicted octanol–water partition coefficient (Wildman–Crippen LogP) is 1.52. The topological polar surface area (TPSA) is 66.8 Å². The minimum atomic E-state index is -0.791. The van der Waals surface area contributed by atoms with Crippen LogP contribution in [0.2, 0.25) is 0 Å². The van der Waals surface area contributed by atoms with Gasteiger partial charge in [-0.05, 0) is 26.2 Å². The molecule has 1 heterocycles. The van der Waals surface area contributed by atoms with E-state index < -0.39 is 5.97 Å². The largest absolute Gasteiger partial charge is 0.481 e. The minimum Gasteiger partial charge on any atom is -0.481 e. The summed E-state index contributed by atoms with van der Waals surface area (Å²) in [6.07, 6.45) is 2.88. The highest BCUT2D eigenvalue weighted by atomic mass is 16.5. The Balaban J connectivity index is 2.13. The van der Waals surface area contributed by atoms with Crippen LogP contribution >= 0.6 is 0 Å². The number of ether oxygens (including phenoxy) is 1. The van der Waals surface area contributed by atoms with Crippen molar-refractivity contribution in [3.63, 3.8) is 0 Å². The summed E-state index contributed by atoms with van der Waals surface area (Å²) < 4.78 is 5.37. The molecule has 5 nitrogen and oxygen atoms in total. The van der Waals surface area contributed by atoms with Crippen molar-refractivity contribution in [1.29, 1.82) is 0 Å². The first-order valence-corrected chi connectivity index (χ1v) is 6.70. The Morgan fingerprint density at radius 1 is 1.33 bits per heavy atom. The van der Waals surface area contributed by atoms with Crippen LogP contribution in [0.5, 0.6) is 0 Å². The van der Waals surface area contributed by atoms with Crippen LogP contribution in [0.25, 0.3) is 0 Å². The van der Waals surface area contributed by atoms with Gasteiger partial charge in [0.1, 0.15) is 0 Å². The van der Waals surface area contributed by atoms with Gasteiger partial charge in [0.15, 0.2) is 0 Å². The van der Waals surface area contributed by atoms with Gasteiger partial charge in [-0.3, -0.25) is 9.59 Å². The third-order valence-corrected chi connectivity index (χ3v) is 3.23. The zero-order chi connectivity index (χ0) is 13.4. The van der Waals surface area contributed by atoms with E-state index in [1.165, 1.54) is 0 Å². The van der Waals surface area contributed by atoms with Gasteiger partial charge in [-0.1, -0.05) is 0 Å². The molecule has 0 saturated carbocycles. The molecule has 1 fully saturated rings. The molecule has 1 aliphatic rings. The second kappa shape index (κ2) is 8.08. The number of carboxylic acid groups (broad SMARTS) is 1. The average molecular weight is 257 g/mol. The molecule has 1 unspecified atom stereocenters. The number of aliphatic carboxylic acids is 1. The van der Waals surface area contributed by atoms with Crippen molar-refractivity contribution in [1.82, 2.24) is 4.90 Å². The summed E-state index contributed by atoms with van der Waals surface area (Å²) in [6, 6.07) is 0. The SMILES string of the molecule is CCOCC1CCN(C(=O)CCCCC(=O)O)C1. The van der Waals surface area contributed by atoms with Crippen LogP contribution in [0.3, 0.4) is 0 Å². The van der Waals surface area contributed by atoms with Crippen LogP contribution in [0.4, 0.5) is 0 Å². The lowest BCUT2D eigenvalue weighted by atomic mass is 10.1. The van der Waals surface area contributed by atoms with Crippen LogP contribution in [0, 0.1) is 5.92 Å². The number of hydrogen-bond acceptors (Lipinski definition) is 3. The van der Waals surface area contributed by atoms with Crippen molar-refractivity contribution in [2.45, 2.75) is 39.0 Å². The molecule has 5 heteroatoms. The highest BCUT2D eigenvalue weighted by Crippen LogP contribution is 2.18. The molecule has 18 heavy (non-hydrogen) atoms. The van der Waals surface area contributed by atoms with Crippen LogP contribution in [0.15, 0.2) is 0 Å². The van der Waals surface area contributed by atoms with E-state index in [-0.39, 0.29) is 12.3 Å². The molecular formula is C13H23NO4. The fourth-order valence-corrected chi connectivity index (χ4v) is 2.19. The van der Waals surface area contributed by atoms with Crippen LogP contribution in [-0.2, 0) is 14.3 Å². The van der Waals surface area contributed by atoms with E-state index in [1.54, 1.807) is 0 Å². The van der Waals surface area contributed by atoms with Gasteiger partial charge in [-0.25, -0.2) is 0 Å². The first kappa shape index (κ1) is 15.0. The van der Waals surface area contributed by atoms with E-state index in [9.17, 15) is 9.59 Å². The summed E-state index contributed by atoms with van der Waals surface area (Å²) in [5.74, 6) is -0.173. The van der Waals surface area contributed by atoms with Crippen molar-refractivity contribution < 1.29 is 19.4 Å². The quantitative estimate of drug-likeness (QED) is 0.669. The van der Waals surface area contributed by atoms with E-state index in [4.69, 9.17) is 9.84 Å². The number of carboxylic acids is 1. The van der Waals surface area contributed by atoms with Gasteiger partial charge < -0.3 is 14.7 Å². The van der Waals surface area contributed by atoms with Gasteiger partial charge in [0, 0.05) is 38.5 Å². The molecule has 0 spiro atoms. The Labute approximate surface area is 108 Å². The zero-order valence-electron chi connectivity index (χ0n) is 11.1. The number of carbonyl (C=O) groups excluding carboxylic acids is 1. The van der Waals surface area contributed by atoms with Gasteiger partial charge in [0.2, 0.25) is 5.91 Å². The molecule has 1 atom stereocenters. The maximum atomic E-state index is 11.8. The van der Waals surface area contributed by atoms with E-state index in [0.717, 1.165) is 32.7 Å². The third-order valence-electron chi connectivity index (χ3n) is 3.23. The lowest BCUT2D eigenvalue weighted by Crippen LogP contribution is -2.29. The molecule has 0 bridgehead atoms. The number of likely N-dealkylation sites (tertiary alicyclic amines) is 1. The molecule has 1 N–H and O–H groups in total. The predicted molar refractivity (Wildman–Crippen MR) is 67.3 cm³/mol. The van der Waals surface area contributed by atoms with Crippen molar-refractivity contribution >= 4 is 11.9 Å².